The first-order valence-corrected chi connectivity index (χ1v) is 10.5. The van der Waals surface area contributed by atoms with Crippen LogP contribution in [0.4, 0.5) is 5.82 Å². The Morgan fingerprint density at radius 3 is 2.77 bits per heavy atom. The molecule has 0 radical (unpaired) electrons. The number of unbranched alkanes of at least 4 members (excludes halogenated alkanes) is 4. The summed E-state index contributed by atoms with van der Waals surface area (Å²) in [5, 5.41) is 18.5. The van der Waals surface area contributed by atoms with Gasteiger partial charge >= 0.3 is 5.97 Å². The van der Waals surface area contributed by atoms with Crippen molar-refractivity contribution in [2.45, 2.75) is 70.1 Å². The fourth-order valence-corrected chi connectivity index (χ4v) is 3.51. The number of carbonyl (C=O) groups is 1. The van der Waals surface area contributed by atoms with Crippen LogP contribution in [0, 0.1) is 12.3 Å². The van der Waals surface area contributed by atoms with Crippen molar-refractivity contribution in [1.82, 2.24) is 14.5 Å². The second kappa shape index (κ2) is 11.2. The van der Waals surface area contributed by atoms with Gasteiger partial charge in [0.15, 0.2) is 5.60 Å². The second-order valence-corrected chi connectivity index (χ2v) is 7.64. The summed E-state index contributed by atoms with van der Waals surface area (Å²) in [4.78, 5) is 18.1. The highest BCUT2D eigenvalue weighted by atomic mass is 35.5. The fraction of sp³-hybridized carbons (Fsp3) is 0.571. The zero-order valence-electron chi connectivity index (χ0n) is 17.2. The largest absolute Gasteiger partial charge is 0.481 e. The second-order valence-electron chi connectivity index (χ2n) is 7.30. The highest BCUT2D eigenvalue weighted by Gasteiger charge is 2.39. The van der Waals surface area contributed by atoms with Crippen molar-refractivity contribution < 1.29 is 19.7 Å². The number of carboxylic acid groups (broad SMARTS) is 1. The minimum atomic E-state index is -0.927. The van der Waals surface area contributed by atoms with Crippen molar-refractivity contribution in [2.75, 3.05) is 12.3 Å². The lowest BCUT2D eigenvalue weighted by Crippen LogP contribution is -2.31. The molecule has 9 heteroatoms. The van der Waals surface area contributed by atoms with Gasteiger partial charge in [-0.2, -0.15) is 4.98 Å². The minimum absolute atomic E-state index is 0.0818. The number of rotatable bonds is 8. The fourth-order valence-electron chi connectivity index (χ4n) is 3.34. The van der Waals surface area contributed by atoms with E-state index in [-0.39, 0.29) is 18.1 Å². The van der Waals surface area contributed by atoms with Gasteiger partial charge in [-0.25, -0.2) is 4.98 Å². The van der Waals surface area contributed by atoms with Crippen LogP contribution >= 0.6 is 11.6 Å². The summed E-state index contributed by atoms with van der Waals surface area (Å²) in [5.74, 6) is 2.17. The molecule has 0 aromatic carbocycles. The van der Waals surface area contributed by atoms with Gasteiger partial charge in [-0.1, -0.05) is 38.5 Å². The third kappa shape index (κ3) is 6.08. The molecule has 1 saturated heterocycles. The monoisotopic (exact) mass is 436 g/mol. The lowest BCUT2D eigenvalue weighted by atomic mass is 10.0. The highest BCUT2D eigenvalue weighted by Crippen LogP contribution is 2.37. The third-order valence-corrected chi connectivity index (χ3v) is 5.22. The number of aliphatic hydroxyl groups is 1. The number of hydrogen-bond donors (Lipinski definition) is 3. The highest BCUT2D eigenvalue weighted by molar-refractivity contribution is 6.28. The molecule has 164 valence electrons. The molecule has 3 rings (SSSR count). The maximum absolute atomic E-state index is 10.0. The van der Waals surface area contributed by atoms with E-state index in [4.69, 9.17) is 33.6 Å². The van der Waals surface area contributed by atoms with E-state index in [0.717, 1.165) is 12.8 Å². The molecule has 2 atom stereocenters. The van der Waals surface area contributed by atoms with Crippen LogP contribution in [0.25, 0.3) is 11.0 Å². The summed E-state index contributed by atoms with van der Waals surface area (Å²) < 4.78 is 7.63. The predicted molar refractivity (Wildman–Crippen MR) is 116 cm³/mol. The summed E-state index contributed by atoms with van der Waals surface area (Å²) >= 11 is 5.84. The Kier molecular flexibility index (Phi) is 8.90. The molecular weight excluding hydrogens is 408 g/mol. The summed E-state index contributed by atoms with van der Waals surface area (Å²) in [5.41, 5.74) is 5.48. The maximum Gasteiger partial charge on any atom is 0.303 e. The summed E-state index contributed by atoms with van der Waals surface area (Å²) in [6.07, 6.45) is 14.1. The van der Waals surface area contributed by atoms with Gasteiger partial charge in [0.2, 0.25) is 5.28 Å². The van der Waals surface area contributed by atoms with Gasteiger partial charge in [0.1, 0.15) is 17.7 Å². The van der Waals surface area contributed by atoms with E-state index in [1.807, 2.05) is 4.57 Å². The van der Waals surface area contributed by atoms with E-state index in [1.165, 1.54) is 19.3 Å². The standard InChI is InChI=1S/C13H13ClN4O2.C8H16O2/c1-2-13(7-19)5-3-9(20-13)18-6-4-8-10(15)16-12(14)17-11(8)18;1-2-3-4-5-6-7-8(9)10/h1,4,6,9,19H,3,5,7H2,(H2,15,16,17);2-7H2,1H3,(H,9,10). The van der Waals surface area contributed by atoms with E-state index in [2.05, 4.69) is 22.8 Å². The van der Waals surface area contributed by atoms with Gasteiger partial charge < -0.3 is 25.3 Å². The Balaban J connectivity index is 0.000000274. The lowest BCUT2D eigenvalue weighted by Gasteiger charge is -2.21. The van der Waals surface area contributed by atoms with Gasteiger partial charge in [-0.05, 0) is 36.9 Å². The van der Waals surface area contributed by atoms with Gasteiger partial charge in [0.05, 0.1) is 12.0 Å². The first-order chi connectivity index (χ1) is 14.4. The molecule has 0 aliphatic carbocycles. The number of halogens is 1. The molecule has 3 heterocycles. The zero-order valence-corrected chi connectivity index (χ0v) is 17.9. The quantitative estimate of drug-likeness (QED) is 0.327. The first-order valence-electron chi connectivity index (χ1n) is 10.1. The van der Waals surface area contributed by atoms with E-state index in [1.54, 1.807) is 12.3 Å². The summed E-state index contributed by atoms with van der Waals surface area (Å²) in [6.45, 7) is 1.94. The average Bonchev–Trinajstić information content (AvgIpc) is 3.33. The van der Waals surface area contributed by atoms with Gasteiger partial charge in [-0.3, -0.25) is 4.79 Å². The van der Waals surface area contributed by atoms with Crippen molar-refractivity contribution in [3.05, 3.63) is 17.5 Å². The molecule has 1 fully saturated rings. The summed E-state index contributed by atoms with van der Waals surface area (Å²) in [6, 6.07) is 1.80. The Hall–Kier alpha value is -2.34. The number of aliphatic hydroxyl groups excluding tert-OH is 1. The van der Waals surface area contributed by atoms with Crippen LogP contribution in [-0.2, 0) is 9.53 Å². The minimum Gasteiger partial charge on any atom is -0.481 e. The summed E-state index contributed by atoms with van der Waals surface area (Å²) in [7, 11) is 0. The molecule has 0 amide bonds. The van der Waals surface area contributed by atoms with Gasteiger partial charge in [0.25, 0.3) is 0 Å². The van der Waals surface area contributed by atoms with Crippen LogP contribution < -0.4 is 5.73 Å². The Morgan fingerprint density at radius 2 is 2.17 bits per heavy atom. The van der Waals surface area contributed by atoms with E-state index >= 15 is 0 Å². The molecule has 2 aromatic rings. The molecule has 1 aliphatic rings. The number of nitrogen functional groups attached to an aromatic ring is 1. The molecule has 4 N–H and O–H groups in total. The van der Waals surface area contributed by atoms with Crippen molar-refractivity contribution >= 4 is 34.4 Å². The maximum atomic E-state index is 10.0. The Labute approximate surface area is 181 Å². The molecule has 8 nitrogen and oxygen atoms in total. The number of carboxylic acids is 1. The van der Waals surface area contributed by atoms with Crippen LogP contribution in [0.5, 0.6) is 0 Å². The van der Waals surface area contributed by atoms with Crippen molar-refractivity contribution in [2.24, 2.45) is 0 Å². The average molecular weight is 437 g/mol. The third-order valence-electron chi connectivity index (χ3n) is 5.05. The number of aliphatic carboxylic acids is 1. The first kappa shape index (κ1) is 23.9. The number of terminal acetylenes is 1. The number of hydrogen-bond acceptors (Lipinski definition) is 6. The lowest BCUT2D eigenvalue weighted by molar-refractivity contribution is -0.137. The van der Waals surface area contributed by atoms with Crippen LogP contribution in [0.2, 0.25) is 5.28 Å². The predicted octanol–water partition coefficient (Wildman–Crippen LogP) is 3.77. The van der Waals surface area contributed by atoms with E-state index < -0.39 is 11.6 Å². The van der Waals surface area contributed by atoms with Crippen molar-refractivity contribution in [1.29, 1.82) is 0 Å². The molecular formula is C21H29ClN4O4. The number of fused-ring (bicyclic) bond motifs is 1. The van der Waals surface area contributed by atoms with Gasteiger partial charge in [-0.15, -0.1) is 6.42 Å². The smallest absolute Gasteiger partial charge is 0.303 e. The molecule has 0 saturated carbocycles. The van der Waals surface area contributed by atoms with E-state index in [0.29, 0.717) is 36.1 Å². The number of aromatic nitrogens is 3. The number of nitrogens with zero attached hydrogens (tertiary/aromatic N) is 3. The molecule has 30 heavy (non-hydrogen) atoms. The topological polar surface area (TPSA) is 123 Å². The molecule has 2 aromatic heterocycles. The SMILES string of the molecule is C#CC1(CO)CCC(n2ccc3c(N)nc(Cl)nc32)O1.CCCCCCCC(=O)O. The molecule has 0 bridgehead atoms. The number of nitrogens with two attached hydrogens (primary N) is 1. The Bertz CT molecular complexity index is 895. The van der Waals surface area contributed by atoms with Crippen molar-refractivity contribution in [3.8, 4) is 12.3 Å². The van der Waals surface area contributed by atoms with Crippen molar-refractivity contribution in [3.63, 3.8) is 0 Å². The van der Waals surface area contributed by atoms with Crippen LogP contribution in [0.1, 0.15) is 64.5 Å². The van der Waals surface area contributed by atoms with Crippen LogP contribution in [-0.4, -0.2) is 42.9 Å². The number of anilines is 1. The van der Waals surface area contributed by atoms with Gasteiger partial charge in [0, 0.05) is 12.6 Å². The van der Waals surface area contributed by atoms with E-state index in [9.17, 15) is 9.90 Å². The zero-order chi connectivity index (χ0) is 22.1. The van der Waals surface area contributed by atoms with Crippen LogP contribution in [0.15, 0.2) is 12.3 Å². The Morgan fingerprint density at radius 1 is 1.43 bits per heavy atom. The molecule has 2 unspecified atom stereocenters. The number of ether oxygens (including phenoxy) is 1. The molecule has 0 spiro atoms. The molecule has 1 aliphatic heterocycles. The van der Waals surface area contributed by atoms with Crippen LogP contribution in [0.3, 0.4) is 0 Å². The normalized spacial score (nSPS) is 20.5.